The fourth-order valence-corrected chi connectivity index (χ4v) is 3.99. The van der Waals surface area contributed by atoms with Crippen molar-refractivity contribution in [1.29, 1.82) is 0 Å². The zero-order valence-electron chi connectivity index (χ0n) is 15.1. The van der Waals surface area contributed by atoms with Crippen molar-refractivity contribution in [2.75, 3.05) is 7.11 Å². The number of hydrogen-bond acceptors (Lipinski definition) is 4. The maximum Gasteiger partial charge on any atom is 0.337 e. The molecule has 0 aliphatic carbocycles. The van der Waals surface area contributed by atoms with Crippen molar-refractivity contribution in [2.45, 2.75) is 38.6 Å². The Balaban J connectivity index is 2.33. The highest BCUT2D eigenvalue weighted by Gasteiger charge is 2.21. The van der Waals surface area contributed by atoms with Crippen LogP contribution in [0.1, 0.15) is 45.6 Å². The molecule has 2 aromatic rings. The Hall–Kier alpha value is -2.18. The maximum absolute atomic E-state index is 12.7. The normalized spacial score (nSPS) is 12.7. The fourth-order valence-electron chi connectivity index (χ4n) is 2.72. The molecular weight excluding hydrogens is 338 g/mol. The number of esters is 1. The Morgan fingerprint density at radius 3 is 2.32 bits per heavy atom. The molecule has 0 heterocycles. The number of rotatable bonds is 5. The second-order valence-electron chi connectivity index (χ2n) is 6.16. The third-order valence-electron chi connectivity index (χ3n) is 4.25. The monoisotopic (exact) mass is 361 g/mol. The molecule has 2 rings (SSSR count). The van der Waals surface area contributed by atoms with Gasteiger partial charge in [-0.15, -0.1) is 0 Å². The predicted octanol–water partition coefficient (Wildman–Crippen LogP) is 3.44. The van der Waals surface area contributed by atoms with Crippen molar-refractivity contribution >= 4 is 16.0 Å². The number of hydrogen-bond donors (Lipinski definition) is 1. The van der Waals surface area contributed by atoms with Gasteiger partial charge in [0.15, 0.2) is 0 Å². The molecule has 0 amide bonds. The summed E-state index contributed by atoms with van der Waals surface area (Å²) in [5.41, 5.74) is 4.43. The van der Waals surface area contributed by atoms with Crippen molar-refractivity contribution in [3.05, 3.63) is 64.2 Å². The topological polar surface area (TPSA) is 72.5 Å². The highest BCUT2D eigenvalue weighted by molar-refractivity contribution is 7.89. The first-order chi connectivity index (χ1) is 11.7. The number of ether oxygens (including phenoxy) is 1. The van der Waals surface area contributed by atoms with E-state index in [1.807, 2.05) is 32.9 Å². The minimum Gasteiger partial charge on any atom is -0.465 e. The summed E-state index contributed by atoms with van der Waals surface area (Å²) in [5, 5.41) is 0. The first kappa shape index (κ1) is 19.1. The van der Waals surface area contributed by atoms with Crippen molar-refractivity contribution < 1.29 is 17.9 Å². The molecule has 0 aromatic heterocycles. The van der Waals surface area contributed by atoms with E-state index in [-0.39, 0.29) is 10.5 Å². The highest BCUT2D eigenvalue weighted by atomic mass is 32.2. The van der Waals surface area contributed by atoms with Crippen LogP contribution in [0.3, 0.4) is 0 Å². The lowest BCUT2D eigenvalue weighted by atomic mass is 9.97. The second-order valence-corrected chi connectivity index (χ2v) is 7.87. The number of nitrogens with one attached hydrogen (secondary N) is 1. The van der Waals surface area contributed by atoms with E-state index in [0.29, 0.717) is 0 Å². The third kappa shape index (κ3) is 4.27. The van der Waals surface area contributed by atoms with Gasteiger partial charge >= 0.3 is 5.97 Å². The molecule has 1 unspecified atom stereocenters. The molecule has 134 valence electrons. The van der Waals surface area contributed by atoms with Gasteiger partial charge in [0.05, 0.1) is 17.6 Å². The first-order valence-electron chi connectivity index (χ1n) is 7.94. The van der Waals surface area contributed by atoms with Crippen molar-refractivity contribution in [3.8, 4) is 0 Å². The van der Waals surface area contributed by atoms with Gasteiger partial charge in [-0.1, -0.05) is 18.2 Å². The van der Waals surface area contributed by atoms with Crippen molar-refractivity contribution in [2.24, 2.45) is 0 Å². The molecule has 6 heteroatoms. The van der Waals surface area contributed by atoms with E-state index in [2.05, 4.69) is 9.46 Å². The van der Waals surface area contributed by atoms with E-state index in [0.717, 1.165) is 16.7 Å². The molecule has 0 saturated carbocycles. The Labute approximate surface area is 149 Å². The van der Waals surface area contributed by atoms with Gasteiger partial charge in [0.2, 0.25) is 10.0 Å². The Kier molecular flexibility index (Phi) is 5.65. The number of benzene rings is 2. The smallest absolute Gasteiger partial charge is 0.337 e. The summed E-state index contributed by atoms with van der Waals surface area (Å²) in [7, 11) is -2.51. The fraction of sp³-hybridized carbons (Fsp3) is 0.316. The summed E-state index contributed by atoms with van der Waals surface area (Å²) >= 11 is 0. The van der Waals surface area contributed by atoms with Gasteiger partial charge in [0.25, 0.3) is 0 Å². The van der Waals surface area contributed by atoms with Gasteiger partial charge in [-0.2, -0.15) is 0 Å². The average molecular weight is 361 g/mol. The van der Waals surface area contributed by atoms with E-state index in [1.54, 1.807) is 6.92 Å². The molecule has 0 spiro atoms. The largest absolute Gasteiger partial charge is 0.465 e. The Morgan fingerprint density at radius 2 is 1.68 bits per heavy atom. The number of carbonyl (C=O) groups is 1. The standard InChI is InChI=1S/C19H23NO4S/c1-12-9-14(3)18(10-13(12)2)15(4)20-25(22,23)17-8-6-7-16(11-17)19(21)24-5/h6-11,15,20H,1-5H3. The molecule has 0 fully saturated rings. The van der Waals surface area contributed by atoms with Gasteiger partial charge in [-0.25, -0.2) is 17.9 Å². The summed E-state index contributed by atoms with van der Waals surface area (Å²) < 4.78 is 32.7. The van der Waals surface area contributed by atoms with E-state index in [1.165, 1.54) is 36.9 Å². The van der Waals surface area contributed by atoms with Crippen LogP contribution in [0.5, 0.6) is 0 Å². The Bertz CT molecular complexity index is 904. The molecule has 2 aromatic carbocycles. The summed E-state index contributed by atoms with van der Waals surface area (Å²) in [5.74, 6) is -0.574. The number of carbonyl (C=O) groups excluding carboxylic acids is 1. The van der Waals surface area contributed by atoms with Gasteiger partial charge < -0.3 is 4.74 Å². The summed E-state index contributed by atoms with van der Waals surface area (Å²) in [6, 6.07) is 9.46. The summed E-state index contributed by atoms with van der Waals surface area (Å²) in [6.07, 6.45) is 0. The quantitative estimate of drug-likeness (QED) is 0.828. The van der Waals surface area contributed by atoms with Crippen LogP contribution in [-0.4, -0.2) is 21.5 Å². The molecule has 5 nitrogen and oxygen atoms in total. The van der Waals surface area contributed by atoms with Crippen LogP contribution in [0, 0.1) is 20.8 Å². The lowest BCUT2D eigenvalue weighted by Gasteiger charge is -2.18. The molecule has 25 heavy (non-hydrogen) atoms. The van der Waals surface area contributed by atoms with E-state index in [9.17, 15) is 13.2 Å². The zero-order valence-corrected chi connectivity index (χ0v) is 15.9. The van der Waals surface area contributed by atoms with Gasteiger partial charge in [-0.05, 0) is 68.1 Å². The van der Waals surface area contributed by atoms with E-state index >= 15 is 0 Å². The molecule has 0 bridgehead atoms. The van der Waals surface area contributed by atoms with Crippen LogP contribution in [0.2, 0.25) is 0 Å². The minimum absolute atomic E-state index is 0.0312. The van der Waals surface area contributed by atoms with E-state index < -0.39 is 22.0 Å². The molecule has 0 aliphatic heterocycles. The molecule has 1 atom stereocenters. The molecule has 0 aliphatic rings. The van der Waals surface area contributed by atoms with Gasteiger partial charge in [0, 0.05) is 6.04 Å². The van der Waals surface area contributed by atoms with Crippen LogP contribution >= 0.6 is 0 Å². The third-order valence-corrected chi connectivity index (χ3v) is 5.78. The molecule has 0 radical (unpaired) electrons. The average Bonchev–Trinajstić information content (AvgIpc) is 2.57. The second kappa shape index (κ2) is 7.37. The molecular formula is C19H23NO4S. The van der Waals surface area contributed by atoms with Crippen LogP contribution in [0.15, 0.2) is 41.3 Å². The number of sulfonamides is 1. The maximum atomic E-state index is 12.7. The number of aryl methyl sites for hydroxylation is 3. The van der Waals surface area contributed by atoms with Crippen LogP contribution in [0.25, 0.3) is 0 Å². The first-order valence-corrected chi connectivity index (χ1v) is 9.42. The van der Waals surface area contributed by atoms with Crippen LogP contribution in [0.4, 0.5) is 0 Å². The predicted molar refractivity (Wildman–Crippen MR) is 97.2 cm³/mol. The molecule has 0 saturated heterocycles. The summed E-state index contributed by atoms with van der Waals surface area (Å²) in [6.45, 7) is 7.79. The number of methoxy groups -OCH3 is 1. The Morgan fingerprint density at radius 1 is 1.04 bits per heavy atom. The zero-order chi connectivity index (χ0) is 18.8. The minimum atomic E-state index is -3.77. The van der Waals surface area contributed by atoms with Crippen LogP contribution < -0.4 is 4.72 Å². The van der Waals surface area contributed by atoms with Gasteiger partial charge in [-0.3, -0.25) is 0 Å². The van der Waals surface area contributed by atoms with Crippen LogP contribution in [-0.2, 0) is 14.8 Å². The highest BCUT2D eigenvalue weighted by Crippen LogP contribution is 2.23. The lowest BCUT2D eigenvalue weighted by molar-refractivity contribution is 0.0600. The lowest BCUT2D eigenvalue weighted by Crippen LogP contribution is -2.27. The van der Waals surface area contributed by atoms with Crippen molar-refractivity contribution in [3.63, 3.8) is 0 Å². The SMILES string of the molecule is COC(=O)c1cccc(S(=O)(=O)NC(C)c2cc(C)c(C)cc2C)c1. The molecule has 1 N–H and O–H groups in total. The van der Waals surface area contributed by atoms with E-state index in [4.69, 9.17) is 0 Å². The van der Waals surface area contributed by atoms with Crippen molar-refractivity contribution in [1.82, 2.24) is 4.72 Å². The summed E-state index contributed by atoms with van der Waals surface area (Å²) in [4.78, 5) is 11.6. The van der Waals surface area contributed by atoms with Gasteiger partial charge in [0.1, 0.15) is 0 Å².